The Hall–Kier alpha value is -3.61. The average Bonchev–Trinajstić information content (AvgIpc) is 3.22. The van der Waals surface area contributed by atoms with Crippen LogP contribution in [0.5, 0.6) is 5.75 Å². The van der Waals surface area contributed by atoms with Crippen molar-refractivity contribution in [2.45, 2.75) is 13.2 Å². The van der Waals surface area contributed by atoms with Crippen LogP contribution in [-0.2, 0) is 13.2 Å². The minimum absolute atomic E-state index is 0.423. The Kier molecular flexibility index (Phi) is 6.11. The van der Waals surface area contributed by atoms with Crippen molar-refractivity contribution in [3.05, 3.63) is 112 Å². The molecular weight excluding hydrogens is 452 g/mol. The number of halogens is 1. The molecule has 0 aliphatic carbocycles. The number of rotatable bonds is 7. The third-order valence-corrected chi connectivity index (χ3v) is 5.91. The van der Waals surface area contributed by atoms with Gasteiger partial charge in [0, 0.05) is 16.1 Å². The number of ether oxygens (including phenoxy) is 1. The van der Waals surface area contributed by atoms with Gasteiger partial charge in [-0.25, -0.2) is 9.77 Å². The number of benzene rings is 4. The van der Waals surface area contributed by atoms with Crippen molar-refractivity contribution >= 4 is 34.6 Å². The second kappa shape index (κ2) is 9.48. The molecule has 0 aliphatic heterocycles. The normalized spacial score (nSPS) is 10.9. The molecule has 1 heterocycles. The van der Waals surface area contributed by atoms with Crippen molar-refractivity contribution < 1.29 is 4.74 Å². The maximum atomic E-state index is 6.24. The van der Waals surface area contributed by atoms with Gasteiger partial charge in [-0.05, 0) is 46.8 Å². The monoisotopic (exact) mass is 472 g/mol. The van der Waals surface area contributed by atoms with Gasteiger partial charge in [-0.15, -0.1) is 0 Å². The van der Waals surface area contributed by atoms with E-state index in [1.807, 2.05) is 72.8 Å². The fourth-order valence-corrected chi connectivity index (χ4v) is 4.21. The summed E-state index contributed by atoms with van der Waals surface area (Å²) in [6.45, 7) is 0.923. The van der Waals surface area contributed by atoms with E-state index in [0.717, 1.165) is 39.0 Å². The molecule has 0 spiro atoms. The molecule has 0 saturated heterocycles. The first-order valence-electron chi connectivity index (χ1n) is 10.5. The second-order valence-corrected chi connectivity index (χ2v) is 8.39. The van der Waals surface area contributed by atoms with Crippen LogP contribution in [0.25, 0.3) is 22.2 Å². The topological polar surface area (TPSA) is 54.9 Å². The van der Waals surface area contributed by atoms with Crippen LogP contribution in [0.1, 0.15) is 11.1 Å². The van der Waals surface area contributed by atoms with Gasteiger partial charge in [-0.3, -0.25) is 0 Å². The molecule has 5 aromatic rings. The predicted octanol–water partition coefficient (Wildman–Crippen LogP) is 6.74. The van der Waals surface area contributed by atoms with Gasteiger partial charge in [0.25, 0.3) is 0 Å². The zero-order chi connectivity index (χ0) is 22.6. The Balaban J connectivity index is 1.47. The predicted molar refractivity (Wildman–Crippen MR) is 136 cm³/mol. The number of fused-ring (bicyclic) bond motifs is 1. The summed E-state index contributed by atoms with van der Waals surface area (Å²) in [7, 11) is 0. The molecule has 4 aromatic carbocycles. The maximum absolute atomic E-state index is 6.24. The Morgan fingerprint density at radius 3 is 2.61 bits per heavy atom. The van der Waals surface area contributed by atoms with Crippen molar-refractivity contribution in [2.24, 2.45) is 0 Å². The molecule has 0 unspecified atom stereocenters. The molecule has 2 N–H and O–H groups in total. The zero-order valence-corrected chi connectivity index (χ0v) is 19.2. The van der Waals surface area contributed by atoms with Gasteiger partial charge >= 0.3 is 0 Å². The van der Waals surface area contributed by atoms with Crippen molar-refractivity contribution in [1.29, 1.82) is 0 Å². The summed E-state index contributed by atoms with van der Waals surface area (Å²) in [5.41, 5.74) is 6.45. The molecule has 1 aromatic heterocycles. The number of aromatic nitrogens is 3. The van der Waals surface area contributed by atoms with Gasteiger partial charge in [0.05, 0.1) is 6.54 Å². The summed E-state index contributed by atoms with van der Waals surface area (Å²) in [5, 5.41) is 10.2. The van der Waals surface area contributed by atoms with E-state index >= 15 is 0 Å². The fraction of sp³-hybridized carbons (Fsp3) is 0.0769. The molecule has 0 aliphatic rings. The lowest BCUT2D eigenvalue weighted by Crippen LogP contribution is -2.17. The Bertz CT molecular complexity index is 1460. The van der Waals surface area contributed by atoms with Gasteiger partial charge in [-0.2, -0.15) is 5.10 Å². The first kappa shape index (κ1) is 21.2. The van der Waals surface area contributed by atoms with E-state index in [1.54, 1.807) is 4.68 Å². The lowest BCUT2D eigenvalue weighted by Gasteiger charge is -2.17. The summed E-state index contributed by atoms with van der Waals surface area (Å²) in [6.07, 6.45) is 0. The molecule has 0 fully saturated rings. The largest absolute Gasteiger partial charge is 0.489 e. The van der Waals surface area contributed by atoms with E-state index in [9.17, 15) is 0 Å². The van der Waals surface area contributed by atoms with Gasteiger partial charge < -0.3 is 10.2 Å². The van der Waals surface area contributed by atoms with E-state index in [-0.39, 0.29) is 0 Å². The highest BCUT2D eigenvalue weighted by Crippen LogP contribution is 2.29. The quantitative estimate of drug-likeness (QED) is 0.258. The lowest BCUT2D eigenvalue weighted by molar-refractivity contribution is 0.303. The van der Waals surface area contributed by atoms with Crippen LogP contribution in [0.3, 0.4) is 0 Å². The van der Waals surface area contributed by atoms with Gasteiger partial charge in [0.1, 0.15) is 12.4 Å². The maximum Gasteiger partial charge on any atom is 0.214 e. The minimum Gasteiger partial charge on any atom is -0.489 e. The summed E-state index contributed by atoms with van der Waals surface area (Å²) in [5.74, 6) is 1.53. The third kappa shape index (κ3) is 4.62. The van der Waals surface area contributed by atoms with Crippen LogP contribution >= 0.6 is 23.8 Å². The first-order valence-corrected chi connectivity index (χ1v) is 11.3. The number of aromatic amines is 1. The standard InChI is InChI=1S/C26H21ClN4OS/c27-21-11-6-7-18(15-21)17-32-24-14-13-19-8-4-5-12-22(19)23(24)16-28-31-25(29-30-26(31)33)20-9-2-1-3-10-20/h1-15,28H,16-17H2,(H,30,33). The minimum atomic E-state index is 0.423. The molecule has 0 bridgehead atoms. The number of nitrogens with one attached hydrogen (secondary N) is 2. The first-order chi connectivity index (χ1) is 16.2. The fourth-order valence-electron chi connectivity index (χ4n) is 3.80. The summed E-state index contributed by atoms with van der Waals surface area (Å²) in [4.78, 5) is 0. The Morgan fingerprint density at radius 2 is 1.76 bits per heavy atom. The van der Waals surface area contributed by atoms with Crippen LogP contribution in [-0.4, -0.2) is 14.9 Å². The molecule has 0 saturated carbocycles. The van der Waals surface area contributed by atoms with Crippen molar-refractivity contribution in [1.82, 2.24) is 14.9 Å². The Labute approximate surface area is 201 Å². The summed E-state index contributed by atoms with van der Waals surface area (Å²) < 4.78 is 8.54. The number of hydrogen-bond donors (Lipinski definition) is 2. The highest BCUT2D eigenvalue weighted by Gasteiger charge is 2.13. The van der Waals surface area contributed by atoms with Crippen molar-refractivity contribution in [3.8, 4) is 17.1 Å². The molecule has 164 valence electrons. The number of H-pyrrole nitrogens is 1. The van der Waals surface area contributed by atoms with E-state index in [2.05, 4.69) is 33.8 Å². The molecule has 5 nitrogen and oxygen atoms in total. The molecule has 33 heavy (non-hydrogen) atoms. The Morgan fingerprint density at radius 1 is 0.939 bits per heavy atom. The summed E-state index contributed by atoms with van der Waals surface area (Å²) >= 11 is 11.6. The van der Waals surface area contributed by atoms with Crippen LogP contribution in [0.2, 0.25) is 5.02 Å². The second-order valence-electron chi connectivity index (χ2n) is 7.57. The number of nitrogens with zero attached hydrogens (tertiary/aromatic N) is 2. The molecular formula is C26H21ClN4OS. The van der Waals surface area contributed by atoms with Crippen LogP contribution < -0.4 is 10.2 Å². The van der Waals surface area contributed by atoms with Crippen molar-refractivity contribution in [3.63, 3.8) is 0 Å². The molecule has 7 heteroatoms. The molecule has 5 rings (SSSR count). The van der Waals surface area contributed by atoms with Gasteiger partial charge in [0.2, 0.25) is 4.77 Å². The van der Waals surface area contributed by atoms with E-state index in [0.29, 0.717) is 22.9 Å². The molecule has 0 radical (unpaired) electrons. The van der Waals surface area contributed by atoms with E-state index in [4.69, 9.17) is 28.6 Å². The SMILES string of the molecule is S=c1[nH]nc(-c2ccccc2)n1NCc1c(OCc2cccc(Cl)c2)ccc2ccccc12. The average molecular weight is 473 g/mol. The highest BCUT2D eigenvalue weighted by molar-refractivity contribution is 7.71. The lowest BCUT2D eigenvalue weighted by atomic mass is 10.0. The number of hydrogen-bond acceptors (Lipinski definition) is 4. The van der Waals surface area contributed by atoms with Crippen molar-refractivity contribution in [2.75, 3.05) is 5.43 Å². The third-order valence-electron chi connectivity index (χ3n) is 5.40. The molecule has 0 amide bonds. The van der Waals surface area contributed by atoms with Crippen LogP contribution in [0.4, 0.5) is 0 Å². The smallest absolute Gasteiger partial charge is 0.214 e. The van der Waals surface area contributed by atoms with Crippen LogP contribution in [0, 0.1) is 4.77 Å². The highest BCUT2D eigenvalue weighted by atomic mass is 35.5. The molecule has 0 atom stereocenters. The zero-order valence-electron chi connectivity index (χ0n) is 17.7. The van der Waals surface area contributed by atoms with Gasteiger partial charge in [-0.1, -0.05) is 84.4 Å². The van der Waals surface area contributed by atoms with E-state index in [1.165, 1.54) is 0 Å². The summed E-state index contributed by atoms with van der Waals surface area (Å²) in [6, 6.07) is 30.0. The van der Waals surface area contributed by atoms with Gasteiger partial charge in [0.15, 0.2) is 5.82 Å². The van der Waals surface area contributed by atoms with E-state index < -0.39 is 0 Å². The van der Waals surface area contributed by atoms with Crippen LogP contribution in [0.15, 0.2) is 91.0 Å².